The zero-order valence-corrected chi connectivity index (χ0v) is 11.8. The predicted octanol–water partition coefficient (Wildman–Crippen LogP) is 2.45. The van der Waals surface area contributed by atoms with Gasteiger partial charge in [-0.15, -0.1) is 0 Å². The van der Waals surface area contributed by atoms with E-state index in [2.05, 4.69) is 16.3 Å². The standard InChI is InChI=1S/C16H17N3O2/c1-2-15-10(7-8-21-15)3-5-13-12-9-11(16(17)20)4-6-14(12)19-18-13/h2-4,6,9H,5,7-8H2,1H3,(H2,17,20)(H,18,19)/b10-3-,15-2+. The van der Waals surface area contributed by atoms with Crippen LogP contribution >= 0.6 is 0 Å². The number of rotatable bonds is 3. The molecular weight excluding hydrogens is 266 g/mol. The van der Waals surface area contributed by atoms with Crippen molar-refractivity contribution < 1.29 is 9.53 Å². The number of allylic oxidation sites excluding steroid dienone is 3. The SMILES string of the molecule is C/C=C1/OCC/C1=C/Cc1[nH]nc2ccc(C(N)=O)cc12. The highest BCUT2D eigenvalue weighted by Gasteiger charge is 2.14. The number of aromatic nitrogens is 2. The van der Waals surface area contributed by atoms with Crippen LogP contribution in [0.2, 0.25) is 0 Å². The fourth-order valence-electron chi connectivity index (χ4n) is 2.56. The molecule has 1 aliphatic rings. The number of hydrogen-bond acceptors (Lipinski definition) is 3. The van der Waals surface area contributed by atoms with E-state index in [0.717, 1.165) is 41.8 Å². The number of nitrogens with one attached hydrogen (secondary N) is 1. The second-order valence-corrected chi connectivity index (χ2v) is 4.98. The van der Waals surface area contributed by atoms with Gasteiger partial charge in [-0.1, -0.05) is 6.08 Å². The molecule has 5 nitrogen and oxygen atoms in total. The van der Waals surface area contributed by atoms with Crippen LogP contribution in [-0.2, 0) is 11.2 Å². The Labute approximate surface area is 122 Å². The number of benzene rings is 1. The summed E-state index contributed by atoms with van der Waals surface area (Å²) in [5, 5.41) is 8.22. The Balaban J connectivity index is 1.92. The highest BCUT2D eigenvalue weighted by atomic mass is 16.5. The molecule has 21 heavy (non-hydrogen) atoms. The highest BCUT2D eigenvalue weighted by molar-refractivity contribution is 5.97. The second kappa shape index (κ2) is 5.44. The Bertz CT molecular complexity index is 756. The molecule has 2 heterocycles. The monoisotopic (exact) mass is 283 g/mol. The molecule has 108 valence electrons. The number of H-pyrrole nitrogens is 1. The van der Waals surface area contributed by atoms with E-state index in [1.165, 1.54) is 5.57 Å². The summed E-state index contributed by atoms with van der Waals surface area (Å²) in [4.78, 5) is 11.3. The maximum absolute atomic E-state index is 11.3. The lowest BCUT2D eigenvalue weighted by molar-refractivity contribution is 0.100. The number of amides is 1. The van der Waals surface area contributed by atoms with Gasteiger partial charge in [0.2, 0.25) is 5.91 Å². The van der Waals surface area contributed by atoms with Crippen molar-refractivity contribution in [2.75, 3.05) is 6.61 Å². The summed E-state index contributed by atoms with van der Waals surface area (Å²) in [5.74, 6) is 0.527. The van der Waals surface area contributed by atoms with Crippen LogP contribution in [-0.4, -0.2) is 22.7 Å². The van der Waals surface area contributed by atoms with Gasteiger partial charge >= 0.3 is 0 Å². The lowest BCUT2D eigenvalue weighted by atomic mass is 10.1. The molecule has 1 amide bonds. The quantitative estimate of drug-likeness (QED) is 0.907. The van der Waals surface area contributed by atoms with Crippen molar-refractivity contribution in [1.29, 1.82) is 0 Å². The number of hydrogen-bond donors (Lipinski definition) is 2. The fourth-order valence-corrected chi connectivity index (χ4v) is 2.56. The number of nitrogens with two attached hydrogens (primary N) is 1. The molecule has 0 radical (unpaired) electrons. The number of carbonyl (C=O) groups is 1. The number of primary amides is 1. The van der Waals surface area contributed by atoms with Crippen LogP contribution in [0.4, 0.5) is 0 Å². The number of ether oxygens (including phenoxy) is 1. The zero-order valence-electron chi connectivity index (χ0n) is 11.8. The van der Waals surface area contributed by atoms with Crippen molar-refractivity contribution in [3.05, 3.63) is 52.9 Å². The molecule has 0 bridgehead atoms. The van der Waals surface area contributed by atoms with Gasteiger partial charge in [0, 0.05) is 29.5 Å². The molecule has 0 aliphatic carbocycles. The Morgan fingerprint density at radius 2 is 2.38 bits per heavy atom. The van der Waals surface area contributed by atoms with E-state index >= 15 is 0 Å². The van der Waals surface area contributed by atoms with Gasteiger partial charge in [-0.2, -0.15) is 5.10 Å². The van der Waals surface area contributed by atoms with E-state index in [1.807, 2.05) is 13.0 Å². The number of nitrogens with zero attached hydrogens (tertiary/aromatic N) is 1. The van der Waals surface area contributed by atoms with Crippen molar-refractivity contribution >= 4 is 16.8 Å². The van der Waals surface area contributed by atoms with Gasteiger partial charge in [0.15, 0.2) is 0 Å². The minimum Gasteiger partial charge on any atom is -0.493 e. The van der Waals surface area contributed by atoms with E-state index in [-0.39, 0.29) is 0 Å². The molecule has 0 atom stereocenters. The molecule has 0 spiro atoms. The molecule has 5 heteroatoms. The number of carbonyl (C=O) groups excluding carboxylic acids is 1. The Morgan fingerprint density at radius 3 is 3.14 bits per heavy atom. The number of aromatic amines is 1. The lowest BCUT2D eigenvalue weighted by Crippen LogP contribution is -2.10. The van der Waals surface area contributed by atoms with Gasteiger partial charge in [0.25, 0.3) is 0 Å². The van der Waals surface area contributed by atoms with E-state index in [0.29, 0.717) is 5.56 Å². The van der Waals surface area contributed by atoms with Gasteiger partial charge in [0.05, 0.1) is 12.1 Å². The molecule has 1 saturated heterocycles. The normalized spacial score (nSPS) is 18.5. The first-order valence-corrected chi connectivity index (χ1v) is 6.94. The van der Waals surface area contributed by atoms with E-state index in [4.69, 9.17) is 10.5 Å². The Hall–Kier alpha value is -2.56. The summed E-state index contributed by atoms with van der Waals surface area (Å²) in [5.41, 5.74) is 8.85. The van der Waals surface area contributed by atoms with E-state index in [9.17, 15) is 4.79 Å². The van der Waals surface area contributed by atoms with E-state index in [1.54, 1.807) is 18.2 Å². The first-order valence-electron chi connectivity index (χ1n) is 6.94. The van der Waals surface area contributed by atoms with Crippen LogP contribution in [0.3, 0.4) is 0 Å². The van der Waals surface area contributed by atoms with Crippen LogP contribution in [0.5, 0.6) is 0 Å². The summed E-state index contributed by atoms with van der Waals surface area (Å²) in [6.07, 6.45) is 5.77. The average Bonchev–Trinajstić information content (AvgIpc) is 3.10. The molecule has 0 saturated carbocycles. The van der Waals surface area contributed by atoms with Crippen molar-refractivity contribution in [2.45, 2.75) is 19.8 Å². The average molecular weight is 283 g/mol. The maximum atomic E-state index is 11.3. The van der Waals surface area contributed by atoms with Crippen molar-refractivity contribution in [1.82, 2.24) is 10.2 Å². The maximum Gasteiger partial charge on any atom is 0.248 e. The zero-order chi connectivity index (χ0) is 14.8. The summed E-state index contributed by atoms with van der Waals surface area (Å²) < 4.78 is 5.53. The van der Waals surface area contributed by atoms with E-state index < -0.39 is 5.91 Å². The molecule has 3 N–H and O–H groups in total. The first-order chi connectivity index (χ1) is 10.2. The molecule has 2 aromatic rings. The fraction of sp³-hybridized carbons (Fsp3) is 0.250. The number of fused-ring (bicyclic) bond motifs is 1. The van der Waals surface area contributed by atoms with Crippen LogP contribution in [0, 0.1) is 0 Å². The third kappa shape index (κ3) is 2.54. The van der Waals surface area contributed by atoms with Crippen LogP contribution in [0.1, 0.15) is 29.4 Å². The van der Waals surface area contributed by atoms with Crippen molar-refractivity contribution in [2.24, 2.45) is 5.73 Å². The summed E-state index contributed by atoms with van der Waals surface area (Å²) >= 11 is 0. The van der Waals surface area contributed by atoms with Gasteiger partial charge in [-0.05, 0) is 36.8 Å². The topological polar surface area (TPSA) is 81.0 Å². The second-order valence-electron chi connectivity index (χ2n) is 4.98. The lowest BCUT2D eigenvalue weighted by Gasteiger charge is -2.00. The predicted molar refractivity (Wildman–Crippen MR) is 80.7 cm³/mol. The molecule has 1 aliphatic heterocycles. The third-order valence-corrected chi connectivity index (χ3v) is 3.68. The van der Waals surface area contributed by atoms with Crippen molar-refractivity contribution in [3.8, 4) is 0 Å². The molecule has 1 aromatic carbocycles. The summed E-state index contributed by atoms with van der Waals surface area (Å²) in [7, 11) is 0. The van der Waals surface area contributed by atoms with Gasteiger partial charge < -0.3 is 10.5 Å². The molecule has 1 aromatic heterocycles. The Morgan fingerprint density at radius 1 is 1.52 bits per heavy atom. The van der Waals surface area contributed by atoms with Gasteiger partial charge in [-0.25, -0.2) is 0 Å². The minimum atomic E-state index is -0.428. The molecular formula is C16H17N3O2. The molecule has 0 unspecified atom stereocenters. The van der Waals surface area contributed by atoms with Gasteiger partial charge in [-0.3, -0.25) is 9.89 Å². The van der Waals surface area contributed by atoms with Crippen LogP contribution in [0.15, 0.2) is 41.7 Å². The largest absolute Gasteiger partial charge is 0.493 e. The van der Waals surface area contributed by atoms with Crippen LogP contribution < -0.4 is 5.73 Å². The summed E-state index contributed by atoms with van der Waals surface area (Å²) in [6.45, 7) is 2.71. The molecule has 1 fully saturated rings. The summed E-state index contributed by atoms with van der Waals surface area (Å²) in [6, 6.07) is 5.28. The van der Waals surface area contributed by atoms with Crippen molar-refractivity contribution in [3.63, 3.8) is 0 Å². The Kier molecular flexibility index (Phi) is 3.48. The van der Waals surface area contributed by atoms with Gasteiger partial charge in [0.1, 0.15) is 5.76 Å². The third-order valence-electron chi connectivity index (χ3n) is 3.68. The molecule has 3 rings (SSSR count). The first kappa shape index (κ1) is 13.4. The minimum absolute atomic E-state index is 0.428. The van der Waals surface area contributed by atoms with Crippen LogP contribution in [0.25, 0.3) is 10.9 Å². The highest BCUT2D eigenvalue weighted by Crippen LogP contribution is 2.25. The smallest absolute Gasteiger partial charge is 0.248 e.